The number of nitrogens with one attached hydrogen (secondary N) is 2. The summed E-state index contributed by atoms with van der Waals surface area (Å²) in [5, 5.41) is 9.67. The van der Waals surface area contributed by atoms with Crippen molar-refractivity contribution in [2.75, 3.05) is 12.4 Å². The second kappa shape index (κ2) is 6.87. The lowest BCUT2D eigenvalue weighted by molar-refractivity contribution is -0.116. The van der Waals surface area contributed by atoms with Gasteiger partial charge in [-0.2, -0.15) is 5.10 Å². The Labute approximate surface area is 150 Å². The number of anilines is 1. The van der Waals surface area contributed by atoms with Crippen molar-refractivity contribution < 1.29 is 14.3 Å². The summed E-state index contributed by atoms with van der Waals surface area (Å²) in [6.45, 7) is 0.355. The van der Waals surface area contributed by atoms with Gasteiger partial charge in [0.15, 0.2) is 17.3 Å². The zero-order valence-electron chi connectivity index (χ0n) is 14.2. The third-order valence-electron chi connectivity index (χ3n) is 4.38. The third kappa shape index (κ3) is 3.11. The van der Waals surface area contributed by atoms with Crippen molar-refractivity contribution in [2.45, 2.75) is 18.9 Å². The molecule has 1 unspecified atom stereocenters. The molecule has 0 fully saturated rings. The lowest BCUT2D eigenvalue weighted by atomic mass is 9.87. The van der Waals surface area contributed by atoms with Gasteiger partial charge in [-0.1, -0.05) is 12.1 Å². The maximum atomic E-state index is 12.0. The maximum Gasteiger partial charge on any atom is 0.226 e. The van der Waals surface area contributed by atoms with Crippen molar-refractivity contribution in [2.24, 2.45) is 0 Å². The van der Waals surface area contributed by atoms with E-state index in [0.29, 0.717) is 30.3 Å². The molecule has 3 aromatic rings. The zero-order chi connectivity index (χ0) is 17.9. The number of hydrogen-bond acceptors (Lipinski definition) is 5. The van der Waals surface area contributed by atoms with E-state index >= 15 is 0 Å². The Hall–Kier alpha value is -3.35. The molecule has 7 heteroatoms. The van der Waals surface area contributed by atoms with Crippen LogP contribution in [0.25, 0.3) is 0 Å². The van der Waals surface area contributed by atoms with Gasteiger partial charge in [-0.3, -0.25) is 14.9 Å². The Balaban J connectivity index is 1.59. The van der Waals surface area contributed by atoms with Gasteiger partial charge in [0.2, 0.25) is 5.91 Å². The lowest BCUT2D eigenvalue weighted by Gasteiger charge is -2.22. The van der Waals surface area contributed by atoms with Crippen molar-refractivity contribution in [1.29, 1.82) is 0 Å². The molecule has 0 saturated carbocycles. The number of H-pyrrole nitrogens is 1. The first-order valence-electron chi connectivity index (χ1n) is 8.29. The Morgan fingerprint density at radius 1 is 1.23 bits per heavy atom. The number of pyridine rings is 1. The van der Waals surface area contributed by atoms with Gasteiger partial charge >= 0.3 is 0 Å². The number of methoxy groups -OCH3 is 1. The van der Waals surface area contributed by atoms with E-state index in [1.54, 1.807) is 13.3 Å². The number of amides is 1. The minimum Gasteiger partial charge on any atom is -0.493 e. The monoisotopic (exact) mass is 350 g/mol. The van der Waals surface area contributed by atoms with E-state index in [0.717, 1.165) is 16.8 Å². The van der Waals surface area contributed by atoms with Crippen LogP contribution in [-0.4, -0.2) is 28.2 Å². The molecule has 1 aliphatic rings. The standard InChI is InChI=1S/C19H18N4O3/c1-25-17-8-12(14-9-18(24)22-19-15(14)10-21-23-19)5-6-16(17)26-11-13-4-2-3-7-20-13/h2-8,10,14H,9,11H2,1H3,(H2,21,22,23,24). The predicted octanol–water partition coefficient (Wildman–Crippen LogP) is 2.87. The maximum absolute atomic E-state index is 12.0. The average molecular weight is 350 g/mol. The Kier molecular flexibility index (Phi) is 4.27. The van der Waals surface area contributed by atoms with E-state index < -0.39 is 0 Å². The molecule has 26 heavy (non-hydrogen) atoms. The quantitative estimate of drug-likeness (QED) is 0.738. The summed E-state index contributed by atoms with van der Waals surface area (Å²) in [6.07, 6.45) is 3.91. The molecule has 0 aliphatic carbocycles. The van der Waals surface area contributed by atoms with Crippen LogP contribution in [0.4, 0.5) is 5.82 Å². The summed E-state index contributed by atoms with van der Waals surface area (Å²) in [6, 6.07) is 11.4. The Morgan fingerprint density at radius 2 is 2.15 bits per heavy atom. The van der Waals surface area contributed by atoms with Crippen LogP contribution < -0.4 is 14.8 Å². The largest absolute Gasteiger partial charge is 0.493 e. The van der Waals surface area contributed by atoms with Gasteiger partial charge in [-0.05, 0) is 29.8 Å². The molecule has 1 atom stereocenters. The molecule has 1 aromatic carbocycles. The first-order valence-corrected chi connectivity index (χ1v) is 8.29. The number of carbonyl (C=O) groups is 1. The van der Waals surface area contributed by atoms with Crippen LogP contribution in [-0.2, 0) is 11.4 Å². The lowest BCUT2D eigenvalue weighted by Crippen LogP contribution is -2.23. The van der Waals surface area contributed by atoms with Gasteiger partial charge in [-0.25, -0.2) is 0 Å². The molecule has 3 heterocycles. The van der Waals surface area contributed by atoms with Gasteiger partial charge in [0, 0.05) is 30.3 Å². The number of ether oxygens (including phenoxy) is 2. The van der Waals surface area contributed by atoms with E-state index in [1.165, 1.54) is 0 Å². The number of carbonyl (C=O) groups excluding carboxylic acids is 1. The highest BCUT2D eigenvalue weighted by atomic mass is 16.5. The topological polar surface area (TPSA) is 89.1 Å². The minimum absolute atomic E-state index is 0.0518. The van der Waals surface area contributed by atoms with Crippen molar-refractivity contribution in [3.8, 4) is 11.5 Å². The zero-order valence-corrected chi connectivity index (χ0v) is 14.2. The van der Waals surface area contributed by atoms with E-state index in [1.807, 2.05) is 42.6 Å². The van der Waals surface area contributed by atoms with Crippen LogP contribution in [0.15, 0.2) is 48.8 Å². The SMILES string of the molecule is COc1cc(C2CC(=O)Nc3n[nH]cc32)ccc1OCc1ccccn1. The second-order valence-corrected chi connectivity index (χ2v) is 6.01. The molecule has 0 spiro atoms. The summed E-state index contributed by atoms with van der Waals surface area (Å²) in [4.78, 5) is 16.2. The molecule has 7 nitrogen and oxygen atoms in total. The summed E-state index contributed by atoms with van der Waals surface area (Å²) >= 11 is 0. The first-order chi connectivity index (χ1) is 12.7. The molecule has 1 amide bonds. The van der Waals surface area contributed by atoms with Crippen molar-refractivity contribution in [3.05, 3.63) is 65.6 Å². The number of rotatable bonds is 5. The Bertz CT molecular complexity index is 924. The second-order valence-electron chi connectivity index (χ2n) is 6.01. The summed E-state index contributed by atoms with van der Waals surface area (Å²) in [5.74, 6) is 1.71. The number of nitrogens with zero attached hydrogens (tertiary/aromatic N) is 2. The van der Waals surface area contributed by atoms with Crippen LogP contribution in [0, 0.1) is 0 Å². The van der Waals surface area contributed by atoms with Gasteiger partial charge < -0.3 is 14.8 Å². The van der Waals surface area contributed by atoms with Crippen molar-refractivity contribution in [3.63, 3.8) is 0 Å². The molecular formula is C19H18N4O3. The van der Waals surface area contributed by atoms with Crippen molar-refractivity contribution in [1.82, 2.24) is 15.2 Å². The van der Waals surface area contributed by atoms with E-state index in [-0.39, 0.29) is 11.8 Å². The molecule has 0 radical (unpaired) electrons. The van der Waals surface area contributed by atoms with E-state index in [4.69, 9.17) is 9.47 Å². The molecule has 1 aliphatic heterocycles. The molecule has 2 aromatic heterocycles. The van der Waals surface area contributed by atoms with Crippen LogP contribution in [0.1, 0.15) is 29.2 Å². The highest BCUT2D eigenvalue weighted by Crippen LogP contribution is 2.39. The average Bonchev–Trinajstić information content (AvgIpc) is 3.14. The highest BCUT2D eigenvalue weighted by Gasteiger charge is 2.29. The number of fused-ring (bicyclic) bond motifs is 1. The Morgan fingerprint density at radius 3 is 2.96 bits per heavy atom. The fraction of sp³-hybridized carbons (Fsp3) is 0.211. The third-order valence-corrected chi connectivity index (χ3v) is 4.38. The van der Waals surface area contributed by atoms with E-state index in [2.05, 4.69) is 20.5 Å². The van der Waals surface area contributed by atoms with Crippen LogP contribution in [0.5, 0.6) is 11.5 Å². The van der Waals surface area contributed by atoms with E-state index in [9.17, 15) is 4.79 Å². The normalized spacial score (nSPS) is 15.9. The van der Waals surface area contributed by atoms with Crippen molar-refractivity contribution >= 4 is 11.7 Å². The predicted molar refractivity (Wildman–Crippen MR) is 95.2 cm³/mol. The molecule has 2 N–H and O–H groups in total. The molecule has 4 rings (SSSR count). The van der Waals surface area contributed by atoms with Gasteiger partial charge in [0.1, 0.15) is 6.61 Å². The molecule has 132 valence electrons. The van der Waals surface area contributed by atoms with Crippen LogP contribution >= 0.6 is 0 Å². The number of aromatic amines is 1. The van der Waals surface area contributed by atoms with Gasteiger partial charge in [0.25, 0.3) is 0 Å². The summed E-state index contributed by atoms with van der Waals surface area (Å²) in [7, 11) is 1.60. The molecular weight excluding hydrogens is 332 g/mol. The number of aromatic nitrogens is 3. The molecule has 0 saturated heterocycles. The highest BCUT2D eigenvalue weighted by molar-refractivity contribution is 5.94. The smallest absolute Gasteiger partial charge is 0.226 e. The fourth-order valence-corrected chi connectivity index (χ4v) is 3.10. The van der Waals surface area contributed by atoms with Crippen LogP contribution in [0.2, 0.25) is 0 Å². The molecule has 0 bridgehead atoms. The fourth-order valence-electron chi connectivity index (χ4n) is 3.10. The minimum atomic E-state index is -0.0729. The van der Waals surface area contributed by atoms with Gasteiger partial charge in [-0.15, -0.1) is 0 Å². The summed E-state index contributed by atoms with van der Waals surface area (Å²) in [5.41, 5.74) is 2.78. The van der Waals surface area contributed by atoms with Gasteiger partial charge in [0.05, 0.1) is 12.8 Å². The summed E-state index contributed by atoms with van der Waals surface area (Å²) < 4.78 is 11.3. The van der Waals surface area contributed by atoms with Crippen LogP contribution in [0.3, 0.4) is 0 Å². The number of benzene rings is 1. The first kappa shape index (κ1) is 16.1. The number of hydrogen-bond donors (Lipinski definition) is 2.